The highest BCUT2D eigenvalue weighted by Crippen LogP contribution is 2.24. The Morgan fingerprint density at radius 1 is 1.00 bits per heavy atom. The maximum absolute atomic E-state index is 12.5. The Labute approximate surface area is 204 Å². The van der Waals surface area contributed by atoms with E-state index in [-0.39, 0.29) is 30.6 Å². The third-order valence-electron chi connectivity index (χ3n) is 6.19. The molecule has 1 aromatic heterocycles. The summed E-state index contributed by atoms with van der Waals surface area (Å²) in [6.45, 7) is 5.60. The summed E-state index contributed by atoms with van der Waals surface area (Å²) in [5, 5.41) is 7.88. The fraction of sp³-hybridized carbons (Fsp3) is 0.480. The van der Waals surface area contributed by atoms with Crippen LogP contribution in [0.4, 0.5) is 5.69 Å². The molecule has 8 nitrogen and oxygen atoms in total. The van der Waals surface area contributed by atoms with Gasteiger partial charge in [-0.15, -0.1) is 11.3 Å². The van der Waals surface area contributed by atoms with E-state index in [0.717, 1.165) is 51.4 Å². The Balaban J connectivity index is 1.15. The van der Waals surface area contributed by atoms with Gasteiger partial charge >= 0.3 is 0 Å². The Kier molecular flexibility index (Phi) is 8.67. The van der Waals surface area contributed by atoms with Crippen LogP contribution in [0.1, 0.15) is 35.3 Å². The van der Waals surface area contributed by atoms with Crippen LogP contribution >= 0.6 is 11.3 Å². The predicted octanol–water partition coefficient (Wildman–Crippen LogP) is 2.39. The molecule has 3 heterocycles. The van der Waals surface area contributed by atoms with E-state index in [1.54, 1.807) is 11.3 Å². The molecule has 34 heavy (non-hydrogen) atoms. The Morgan fingerprint density at radius 2 is 1.85 bits per heavy atom. The summed E-state index contributed by atoms with van der Waals surface area (Å²) in [4.78, 5) is 42.5. The molecule has 1 aromatic carbocycles. The van der Waals surface area contributed by atoms with Crippen LogP contribution in [0.15, 0.2) is 35.7 Å². The van der Waals surface area contributed by atoms with Crippen molar-refractivity contribution in [3.8, 4) is 0 Å². The van der Waals surface area contributed by atoms with Crippen LogP contribution in [0.25, 0.3) is 0 Å². The van der Waals surface area contributed by atoms with Gasteiger partial charge in [0.1, 0.15) is 0 Å². The second-order valence-electron chi connectivity index (χ2n) is 8.66. The Hall–Kier alpha value is -2.75. The topological polar surface area (TPSA) is 91.0 Å². The van der Waals surface area contributed by atoms with Gasteiger partial charge in [0, 0.05) is 69.1 Å². The lowest BCUT2D eigenvalue weighted by atomic mass is 10.1. The summed E-state index contributed by atoms with van der Waals surface area (Å²) in [5.41, 5.74) is 2.83. The molecule has 0 radical (unpaired) electrons. The van der Waals surface area contributed by atoms with Crippen LogP contribution in [0.3, 0.4) is 0 Å². The minimum Gasteiger partial charge on any atom is -0.379 e. The summed E-state index contributed by atoms with van der Waals surface area (Å²) in [5.74, 6) is -0.159. The van der Waals surface area contributed by atoms with Crippen molar-refractivity contribution in [2.75, 3.05) is 44.7 Å². The molecule has 0 unspecified atom stereocenters. The number of anilines is 1. The van der Waals surface area contributed by atoms with Crippen molar-refractivity contribution in [3.05, 3.63) is 51.7 Å². The number of hydrogen-bond acceptors (Lipinski definition) is 6. The Bertz CT molecular complexity index is 1000. The van der Waals surface area contributed by atoms with Gasteiger partial charge in [-0.1, -0.05) is 12.1 Å². The van der Waals surface area contributed by atoms with E-state index in [1.165, 1.54) is 10.4 Å². The number of hydrogen-bond donors (Lipinski definition) is 2. The summed E-state index contributed by atoms with van der Waals surface area (Å²) in [6, 6.07) is 9.55. The number of nitrogens with zero attached hydrogens (tertiary/aromatic N) is 2. The lowest BCUT2D eigenvalue weighted by molar-refractivity contribution is -0.134. The van der Waals surface area contributed by atoms with Crippen molar-refractivity contribution < 1.29 is 19.1 Å². The van der Waals surface area contributed by atoms with Gasteiger partial charge < -0.3 is 20.3 Å². The molecule has 2 N–H and O–H groups in total. The third kappa shape index (κ3) is 7.12. The highest BCUT2D eigenvalue weighted by atomic mass is 32.1. The van der Waals surface area contributed by atoms with Gasteiger partial charge in [0.05, 0.1) is 13.2 Å². The van der Waals surface area contributed by atoms with Gasteiger partial charge in [0.15, 0.2) is 0 Å². The zero-order valence-electron chi connectivity index (χ0n) is 19.4. The smallest absolute Gasteiger partial charge is 0.225 e. The molecule has 9 heteroatoms. The SMILES string of the molecule is O=C(CCC(=O)N1CCc2sccc2C1)NCc1cccc(NC(=O)CCN2CCOCC2)c1. The van der Waals surface area contributed by atoms with Crippen LogP contribution in [0, 0.1) is 0 Å². The molecule has 0 spiro atoms. The monoisotopic (exact) mass is 484 g/mol. The van der Waals surface area contributed by atoms with E-state index >= 15 is 0 Å². The average Bonchev–Trinajstić information content (AvgIpc) is 3.34. The van der Waals surface area contributed by atoms with Crippen LogP contribution in [0.2, 0.25) is 0 Å². The molecule has 0 bridgehead atoms. The number of rotatable bonds is 9. The van der Waals surface area contributed by atoms with Crippen LogP contribution in [-0.2, 0) is 38.6 Å². The van der Waals surface area contributed by atoms with Crippen LogP contribution < -0.4 is 10.6 Å². The highest BCUT2D eigenvalue weighted by molar-refractivity contribution is 7.10. The van der Waals surface area contributed by atoms with Crippen LogP contribution in [-0.4, -0.2) is 66.9 Å². The maximum Gasteiger partial charge on any atom is 0.225 e. The van der Waals surface area contributed by atoms with Gasteiger partial charge in [0.25, 0.3) is 0 Å². The normalized spacial score (nSPS) is 16.1. The molecule has 4 rings (SSSR count). The summed E-state index contributed by atoms with van der Waals surface area (Å²) in [6.07, 6.45) is 1.71. The summed E-state index contributed by atoms with van der Waals surface area (Å²) >= 11 is 1.74. The van der Waals surface area contributed by atoms with E-state index in [2.05, 4.69) is 27.0 Å². The second-order valence-corrected chi connectivity index (χ2v) is 9.66. The number of ether oxygens (including phenoxy) is 1. The van der Waals surface area contributed by atoms with E-state index < -0.39 is 0 Å². The number of benzene rings is 1. The first kappa shape index (κ1) is 24.4. The fourth-order valence-electron chi connectivity index (χ4n) is 4.20. The van der Waals surface area contributed by atoms with Gasteiger partial charge in [-0.2, -0.15) is 0 Å². The number of nitrogens with one attached hydrogen (secondary N) is 2. The van der Waals surface area contributed by atoms with Crippen molar-refractivity contribution in [3.63, 3.8) is 0 Å². The molecule has 0 saturated carbocycles. The van der Waals surface area contributed by atoms with Crippen molar-refractivity contribution in [2.24, 2.45) is 0 Å². The standard InChI is InChI=1S/C25H32N4O4S/c30-23(4-5-25(32)29-10-6-22-20(18-29)8-15-34-22)26-17-19-2-1-3-21(16-19)27-24(31)7-9-28-11-13-33-14-12-28/h1-3,8,15-16H,4-7,9-14,17-18H2,(H,26,30)(H,27,31). The zero-order chi connectivity index (χ0) is 23.8. The number of fused-ring (bicyclic) bond motifs is 1. The van der Waals surface area contributed by atoms with Crippen molar-refractivity contribution in [1.29, 1.82) is 0 Å². The largest absolute Gasteiger partial charge is 0.379 e. The maximum atomic E-state index is 12.5. The molecule has 1 saturated heterocycles. The number of thiophene rings is 1. The van der Waals surface area contributed by atoms with Gasteiger partial charge in [-0.05, 0) is 41.1 Å². The first-order valence-electron chi connectivity index (χ1n) is 11.9. The van der Waals surface area contributed by atoms with E-state index in [4.69, 9.17) is 4.74 Å². The molecule has 3 amide bonds. The Morgan fingerprint density at radius 3 is 2.71 bits per heavy atom. The molecule has 2 aromatic rings. The lowest BCUT2D eigenvalue weighted by Gasteiger charge is -2.27. The molecular weight excluding hydrogens is 452 g/mol. The highest BCUT2D eigenvalue weighted by Gasteiger charge is 2.21. The quantitative estimate of drug-likeness (QED) is 0.570. The molecular formula is C25H32N4O4S. The fourth-order valence-corrected chi connectivity index (χ4v) is 5.09. The summed E-state index contributed by atoms with van der Waals surface area (Å²) < 4.78 is 5.33. The number of carbonyl (C=O) groups is 3. The minimum atomic E-state index is -0.151. The van der Waals surface area contributed by atoms with E-state index in [1.807, 2.05) is 29.2 Å². The number of morpholine rings is 1. The second kappa shape index (κ2) is 12.1. The van der Waals surface area contributed by atoms with Crippen molar-refractivity contribution in [2.45, 2.75) is 38.8 Å². The van der Waals surface area contributed by atoms with Crippen LogP contribution in [0.5, 0.6) is 0 Å². The average molecular weight is 485 g/mol. The van der Waals surface area contributed by atoms with E-state index in [9.17, 15) is 14.4 Å². The summed E-state index contributed by atoms with van der Waals surface area (Å²) in [7, 11) is 0. The zero-order valence-corrected chi connectivity index (χ0v) is 20.2. The molecule has 2 aliphatic heterocycles. The minimum absolute atomic E-state index is 0.0220. The molecule has 2 aliphatic rings. The van der Waals surface area contributed by atoms with Gasteiger partial charge in [0.2, 0.25) is 17.7 Å². The first-order valence-corrected chi connectivity index (χ1v) is 12.7. The first-order chi connectivity index (χ1) is 16.6. The molecule has 0 aliphatic carbocycles. The molecule has 0 atom stereocenters. The predicted molar refractivity (Wildman–Crippen MR) is 131 cm³/mol. The van der Waals surface area contributed by atoms with Gasteiger partial charge in [-0.3, -0.25) is 19.3 Å². The van der Waals surface area contributed by atoms with Crippen molar-refractivity contribution in [1.82, 2.24) is 15.1 Å². The lowest BCUT2D eigenvalue weighted by Crippen LogP contribution is -2.38. The number of amides is 3. The van der Waals surface area contributed by atoms with Gasteiger partial charge in [-0.25, -0.2) is 0 Å². The molecule has 182 valence electrons. The van der Waals surface area contributed by atoms with Crippen molar-refractivity contribution >= 4 is 34.7 Å². The third-order valence-corrected chi connectivity index (χ3v) is 7.21. The molecule has 1 fully saturated rings. The van der Waals surface area contributed by atoms with E-state index in [0.29, 0.717) is 25.2 Å². The number of carbonyl (C=O) groups excluding carboxylic acids is 3.